The maximum absolute atomic E-state index is 13.7. The summed E-state index contributed by atoms with van der Waals surface area (Å²) in [4.78, 5) is 28.9. The highest BCUT2D eigenvalue weighted by Crippen LogP contribution is 2.42. The number of para-hydroxylation sites is 1. The molecule has 3 heterocycles. The van der Waals surface area contributed by atoms with Gasteiger partial charge in [0.1, 0.15) is 16.3 Å². The first-order chi connectivity index (χ1) is 17.0. The van der Waals surface area contributed by atoms with Crippen molar-refractivity contribution in [2.75, 3.05) is 11.5 Å². The number of benzene rings is 2. The van der Waals surface area contributed by atoms with Crippen molar-refractivity contribution < 1.29 is 13.9 Å². The summed E-state index contributed by atoms with van der Waals surface area (Å²) in [5.74, 6) is 0.883. The molecule has 8 heteroatoms. The van der Waals surface area contributed by atoms with Crippen molar-refractivity contribution >= 4 is 33.3 Å². The molecule has 1 aliphatic rings. The molecular weight excluding hydrogens is 462 g/mol. The lowest BCUT2D eigenvalue weighted by Gasteiger charge is -2.22. The van der Waals surface area contributed by atoms with Crippen LogP contribution in [0.3, 0.4) is 0 Å². The van der Waals surface area contributed by atoms with E-state index in [9.17, 15) is 9.59 Å². The third-order valence-electron chi connectivity index (χ3n) is 6.04. The molecule has 0 aliphatic carbocycles. The van der Waals surface area contributed by atoms with Crippen LogP contribution in [-0.4, -0.2) is 22.7 Å². The average molecular weight is 490 g/mol. The van der Waals surface area contributed by atoms with Crippen molar-refractivity contribution in [3.8, 4) is 5.75 Å². The second-order valence-corrected chi connectivity index (χ2v) is 10.1. The Bertz CT molecular complexity index is 1440. The molecule has 1 amide bonds. The molecule has 7 nitrogen and oxygen atoms in total. The van der Waals surface area contributed by atoms with Crippen LogP contribution in [0.5, 0.6) is 5.75 Å². The molecule has 180 valence electrons. The van der Waals surface area contributed by atoms with Crippen molar-refractivity contribution in [3.63, 3.8) is 0 Å². The van der Waals surface area contributed by atoms with Crippen LogP contribution < -0.4 is 15.1 Å². The van der Waals surface area contributed by atoms with Crippen molar-refractivity contribution in [3.05, 3.63) is 80.6 Å². The Morgan fingerprint density at radius 2 is 1.94 bits per heavy atom. The molecule has 4 aromatic rings. The molecule has 2 aromatic heterocycles. The number of nitrogens with zero attached hydrogens (tertiary/aromatic N) is 3. The van der Waals surface area contributed by atoms with Gasteiger partial charge in [-0.15, -0.1) is 10.2 Å². The van der Waals surface area contributed by atoms with E-state index in [1.807, 2.05) is 24.3 Å². The van der Waals surface area contributed by atoms with Crippen molar-refractivity contribution in [2.24, 2.45) is 5.92 Å². The molecule has 0 fully saturated rings. The Kier molecular flexibility index (Phi) is 6.38. The molecule has 0 saturated heterocycles. The number of hydrogen-bond acceptors (Lipinski definition) is 7. The SMILES string of the molecule is CCCc1nnc(N2C(=O)c3oc4ccccc4c(=O)c3C2c2cccc(OCCC(C)C)c2)s1. The Balaban J connectivity index is 1.64. The molecule has 1 unspecified atom stereocenters. The highest BCUT2D eigenvalue weighted by atomic mass is 32.1. The predicted molar refractivity (Wildman–Crippen MR) is 136 cm³/mol. The molecule has 1 atom stereocenters. The number of hydrogen-bond donors (Lipinski definition) is 0. The van der Waals surface area contributed by atoms with Crippen LogP contribution in [-0.2, 0) is 6.42 Å². The summed E-state index contributed by atoms with van der Waals surface area (Å²) >= 11 is 1.37. The molecule has 1 aliphatic heterocycles. The second-order valence-electron chi connectivity index (χ2n) is 9.08. The van der Waals surface area contributed by atoms with E-state index in [2.05, 4.69) is 31.0 Å². The fraction of sp³-hybridized carbons (Fsp3) is 0.333. The zero-order valence-electron chi connectivity index (χ0n) is 20.0. The fourth-order valence-corrected chi connectivity index (χ4v) is 5.24. The quantitative estimate of drug-likeness (QED) is 0.312. The van der Waals surface area contributed by atoms with Crippen LogP contribution in [0.25, 0.3) is 11.0 Å². The number of ether oxygens (including phenoxy) is 1. The Hall–Kier alpha value is -3.52. The van der Waals surface area contributed by atoms with Gasteiger partial charge >= 0.3 is 0 Å². The molecule has 0 saturated carbocycles. The molecule has 0 N–H and O–H groups in total. The average Bonchev–Trinajstić information content (AvgIpc) is 3.42. The smallest absolute Gasteiger partial charge is 0.297 e. The number of aryl methyl sites for hydroxylation is 1. The van der Waals surface area contributed by atoms with Gasteiger partial charge in [-0.05, 0) is 48.6 Å². The van der Waals surface area contributed by atoms with E-state index in [0.29, 0.717) is 39.9 Å². The molecule has 0 bridgehead atoms. The minimum atomic E-state index is -0.686. The van der Waals surface area contributed by atoms with Gasteiger partial charge in [0.15, 0.2) is 5.43 Å². The predicted octanol–water partition coefficient (Wildman–Crippen LogP) is 5.77. The lowest BCUT2D eigenvalue weighted by Crippen LogP contribution is -2.29. The van der Waals surface area contributed by atoms with Crippen LogP contribution in [0.15, 0.2) is 57.7 Å². The van der Waals surface area contributed by atoms with Gasteiger partial charge in [0.05, 0.1) is 23.6 Å². The van der Waals surface area contributed by atoms with Gasteiger partial charge in [-0.1, -0.05) is 56.4 Å². The Labute approximate surface area is 207 Å². The van der Waals surface area contributed by atoms with Crippen LogP contribution in [0.4, 0.5) is 5.13 Å². The van der Waals surface area contributed by atoms with Crippen LogP contribution in [0, 0.1) is 5.92 Å². The number of amides is 1. The lowest BCUT2D eigenvalue weighted by molar-refractivity contribution is 0.0970. The number of carbonyl (C=O) groups is 1. The molecule has 2 aromatic carbocycles. The lowest BCUT2D eigenvalue weighted by atomic mass is 9.98. The number of carbonyl (C=O) groups excluding carboxylic acids is 1. The number of fused-ring (bicyclic) bond motifs is 2. The van der Waals surface area contributed by atoms with E-state index in [1.165, 1.54) is 11.3 Å². The summed E-state index contributed by atoms with van der Waals surface area (Å²) in [6.45, 7) is 6.96. The molecular formula is C27H27N3O4S. The van der Waals surface area contributed by atoms with E-state index in [-0.39, 0.29) is 11.2 Å². The summed E-state index contributed by atoms with van der Waals surface area (Å²) in [5, 5.41) is 10.3. The van der Waals surface area contributed by atoms with Gasteiger partial charge in [-0.3, -0.25) is 14.5 Å². The van der Waals surface area contributed by atoms with Crippen LogP contribution in [0.1, 0.15) is 66.3 Å². The third-order valence-corrected chi connectivity index (χ3v) is 7.02. The number of aromatic nitrogens is 2. The largest absolute Gasteiger partial charge is 0.494 e. The van der Waals surface area contributed by atoms with E-state index in [0.717, 1.165) is 29.8 Å². The van der Waals surface area contributed by atoms with E-state index < -0.39 is 11.9 Å². The monoisotopic (exact) mass is 489 g/mol. The minimum absolute atomic E-state index is 0.0528. The number of anilines is 1. The van der Waals surface area contributed by atoms with E-state index >= 15 is 0 Å². The van der Waals surface area contributed by atoms with Crippen LogP contribution in [0.2, 0.25) is 0 Å². The Morgan fingerprint density at radius 1 is 1.11 bits per heavy atom. The summed E-state index contributed by atoms with van der Waals surface area (Å²) in [7, 11) is 0. The van der Waals surface area contributed by atoms with Gasteiger partial charge in [0.2, 0.25) is 10.9 Å². The molecule has 0 spiro atoms. The van der Waals surface area contributed by atoms with E-state index in [4.69, 9.17) is 9.15 Å². The third kappa shape index (κ3) is 4.34. The zero-order chi connectivity index (χ0) is 24.5. The number of rotatable bonds is 8. The summed E-state index contributed by atoms with van der Waals surface area (Å²) in [5.41, 5.74) is 1.25. The standard InChI is InChI=1S/C27H27N3O4S/c1-4-8-21-28-29-27(35-21)30-23(17-9-7-10-18(15-17)33-14-13-16(2)3)22-24(31)19-11-5-6-12-20(19)34-25(22)26(30)32/h5-7,9-12,15-16,23H,4,8,13-14H2,1-3H3. The molecule has 5 rings (SSSR count). The topological polar surface area (TPSA) is 85.5 Å². The summed E-state index contributed by atoms with van der Waals surface area (Å²) in [6.07, 6.45) is 2.63. The highest BCUT2D eigenvalue weighted by molar-refractivity contribution is 7.15. The molecule has 0 radical (unpaired) electrons. The first-order valence-corrected chi connectivity index (χ1v) is 12.7. The van der Waals surface area contributed by atoms with Gasteiger partial charge in [0.25, 0.3) is 5.91 Å². The van der Waals surface area contributed by atoms with Crippen LogP contribution >= 0.6 is 11.3 Å². The minimum Gasteiger partial charge on any atom is -0.494 e. The first-order valence-electron chi connectivity index (χ1n) is 11.9. The van der Waals surface area contributed by atoms with Crippen molar-refractivity contribution in [1.29, 1.82) is 0 Å². The first kappa shape index (κ1) is 23.2. The Morgan fingerprint density at radius 3 is 2.74 bits per heavy atom. The van der Waals surface area contributed by atoms with E-state index in [1.54, 1.807) is 29.2 Å². The maximum Gasteiger partial charge on any atom is 0.297 e. The highest BCUT2D eigenvalue weighted by Gasteiger charge is 2.45. The van der Waals surface area contributed by atoms with Crippen molar-refractivity contribution in [1.82, 2.24) is 10.2 Å². The van der Waals surface area contributed by atoms with Gasteiger partial charge in [-0.25, -0.2) is 0 Å². The van der Waals surface area contributed by atoms with Gasteiger partial charge in [0, 0.05) is 6.42 Å². The summed E-state index contributed by atoms with van der Waals surface area (Å²) in [6, 6.07) is 13.9. The summed E-state index contributed by atoms with van der Waals surface area (Å²) < 4.78 is 12.0. The van der Waals surface area contributed by atoms with Gasteiger partial charge in [-0.2, -0.15) is 0 Å². The normalized spacial score (nSPS) is 15.3. The van der Waals surface area contributed by atoms with Gasteiger partial charge < -0.3 is 9.15 Å². The fourth-order valence-electron chi connectivity index (χ4n) is 4.28. The zero-order valence-corrected chi connectivity index (χ0v) is 20.8. The molecule has 35 heavy (non-hydrogen) atoms. The maximum atomic E-state index is 13.7. The van der Waals surface area contributed by atoms with Crippen molar-refractivity contribution in [2.45, 2.75) is 46.1 Å². The second kappa shape index (κ2) is 9.62.